The summed E-state index contributed by atoms with van der Waals surface area (Å²) in [5.41, 5.74) is 8.01. The molecule has 1 aromatic heterocycles. The first-order chi connectivity index (χ1) is 15.4. The molecule has 0 saturated heterocycles. The van der Waals surface area contributed by atoms with Gasteiger partial charge in [-0.2, -0.15) is 4.98 Å². The minimum atomic E-state index is -0.679. The number of anilines is 1. The van der Waals surface area contributed by atoms with Gasteiger partial charge in [-0.1, -0.05) is 23.7 Å². The van der Waals surface area contributed by atoms with E-state index >= 15 is 0 Å². The molecule has 0 radical (unpaired) electrons. The zero-order valence-corrected chi connectivity index (χ0v) is 18.7. The third kappa shape index (κ3) is 3.50. The Balaban J connectivity index is 1.95. The van der Waals surface area contributed by atoms with Crippen molar-refractivity contribution in [2.45, 2.75) is 13.0 Å². The van der Waals surface area contributed by atoms with Gasteiger partial charge in [0.25, 0.3) is 0 Å². The van der Waals surface area contributed by atoms with E-state index < -0.39 is 11.9 Å². The number of amides is 1. The van der Waals surface area contributed by atoms with Crippen molar-refractivity contribution in [2.24, 2.45) is 5.73 Å². The fourth-order valence-corrected chi connectivity index (χ4v) is 4.01. The molecular formula is C22H22ClN5O4. The third-order valence-corrected chi connectivity index (χ3v) is 5.57. The molecule has 10 heteroatoms. The van der Waals surface area contributed by atoms with Crippen molar-refractivity contribution >= 4 is 23.5 Å². The lowest BCUT2D eigenvalue weighted by Crippen LogP contribution is -2.31. The van der Waals surface area contributed by atoms with Crippen LogP contribution >= 0.6 is 11.6 Å². The first-order valence-electron chi connectivity index (χ1n) is 9.68. The van der Waals surface area contributed by atoms with Crippen LogP contribution in [0.25, 0.3) is 11.4 Å². The molecule has 2 aromatic carbocycles. The highest BCUT2D eigenvalue weighted by molar-refractivity contribution is 6.33. The minimum absolute atomic E-state index is 0.336. The van der Waals surface area contributed by atoms with Gasteiger partial charge in [-0.25, -0.2) is 4.68 Å². The second kappa shape index (κ2) is 8.43. The van der Waals surface area contributed by atoms with Crippen molar-refractivity contribution in [2.75, 3.05) is 26.6 Å². The molecular weight excluding hydrogens is 434 g/mol. The number of halogens is 1. The fourth-order valence-electron chi connectivity index (χ4n) is 3.79. The highest BCUT2D eigenvalue weighted by Gasteiger charge is 2.35. The Bertz CT molecular complexity index is 1210. The van der Waals surface area contributed by atoms with Crippen LogP contribution in [0.3, 0.4) is 0 Å². The van der Waals surface area contributed by atoms with Gasteiger partial charge in [-0.3, -0.25) is 4.79 Å². The molecule has 0 spiro atoms. The van der Waals surface area contributed by atoms with Crippen LogP contribution in [0.5, 0.6) is 17.2 Å². The summed E-state index contributed by atoms with van der Waals surface area (Å²) in [5, 5.41) is 8.30. The number of fused-ring (bicyclic) bond motifs is 1. The molecule has 4 rings (SSSR count). The number of ether oxygens (including phenoxy) is 3. The van der Waals surface area contributed by atoms with E-state index in [4.69, 9.17) is 31.5 Å². The SMILES string of the molecule is COc1cc(C2C(C(N)=O)=C(C)Nc3nc(-c4ccccc4Cl)nn32)cc(OC)c1OC. The Morgan fingerprint density at radius 1 is 1.12 bits per heavy atom. The lowest BCUT2D eigenvalue weighted by atomic mass is 9.94. The molecule has 1 amide bonds. The number of methoxy groups -OCH3 is 3. The number of rotatable bonds is 6. The number of aromatic nitrogens is 3. The zero-order valence-electron chi connectivity index (χ0n) is 18.0. The highest BCUT2D eigenvalue weighted by Crippen LogP contribution is 2.44. The molecule has 3 aromatic rings. The van der Waals surface area contributed by atoms with Crippen molar-refractivity contribution in [3.05, 3.63) is 58.3 Å². The predicted molar refractivity (Wildman–Crippen MR) is 120 cm³/mol. The highest BCUT2D eigenvalue weighted by atomic mass is 35.5. The number of allylic oxidation sites excluding steroid dienone is 1. The topological polar surface area (TPSA) is 114 Å². The number of hydrogen-bond acceptors (Lipinski definition) is 7. The van der Waals surface area contributed by atoms with E-state index in [0.29, 0.717) is 56.4 Å². The largest absolute Gasteiger partial charge is 0.493 e. The summed E-state index contributed by atoms with van der Waals surface area (Å²) in [6.45, 7) is 1.76. The molecule has 166 valence electrons. The van der Waals surface area contributed by atoms with Crippen LogP contribution in [0.15, 0.2) is 47.7 Å². The first kappa shape index (κ1) is 21.5. The molecule has 3 N–H and O–H groups in total. The van der Waals surface area contributed by atoms with E-state index in [1.807, 2.05) is 18.2 Å². The Labute approximate surface area is 189 Å². The molecule has 1 aliphatic heterocycles. The lowest BCUT2D eigenvalue weighted by Gasteiger charge is -2.28. The Morgan fingerprint density at radius 3 is 2.34 bits per heavy atom. The molecule has 1 unspecified atom stereocenters. The number of carbonyl (C=O) groups is 1. The summed E-state index contributed by atoms with van der Waals surface area (Å²) in [6.07, 6.45) is 0. The fraction of sp³-hybridized carbons (Fsp3) is 0.227. The Kier molecular flexibility index (Phi) is 5.67. The molecule has 1 atom stereocenters. The number of benzene rings is 2. The maximum absolute atomic E-state index is 12.5. The van der Waals surface area contributed by atoms with Crippen LogP contribution in [0.1, 0.15) is 18.5 Å². The normalized spacial score (nSPS) is 15.1. The van der Waals surface area contributed by atoms with E-state index in [2.05, 4.69) is 15.4 Å². The van der Waals surface area contributed by atoms with Crippen molar-refractivity contribution in [1.82, 2.24) is 14.8 Å². The number of carbonyl (C=O) groups excluding carboxylic acids is 1. The summed E-state index contributed by atoms with van der Waals surface area (Å²) in [4.78, 5) is 17.1. The maximum Gasteiger partial charge on any atom is 0.248 e. The van der Waals surface area contributed by atoms with E-state index in [9.17, 15) is 4.79 Å². The van der Waals surface area contributed by atoms with Gasteiger partial charge in [0.2, 0.25) is 17.6 Å². The standard InChI is InChI=1S/C22H22ClN5O4/c1-11-17(20(24)29)18(12-9-15(30-2)19(32-4)16(10-12)31-3)28-22(25-11)26-21(27-28)13-7-5-6-8-14(13)23/h5-10,18H,1-4H3,(H2,24,29)(H,25,26,27). The van der Waals surface area contributed by atoms with Gasteiger partial charge in [0.1, 0.15) is 6.04 Å². The molecule has 9 nitrogen and oxygen atoms in total. The summed E-state index contributed by atoms with van der Waals surface area (Å²) < 4.78 is 18.0. The van der Waals surface area contributed by atoms with E-state index in [1.165, 1.54) is 21.3 Å². The molecule has 1 aliphatic rings. The monoisotopic (exact) mass is 455 g/mol. The van der Waals surface area contributed by atoms with Gasteiger partial charge in [-0.05, 0) is 36.8 Å². The summed E-state index contributed by atoms with van der Waals surface area (Å²) in [7, 11) is 4.57. The molecule has 0 saturated carbocycles. The van der Waals surface area contributed by atoms with Crippen molar-refractivity contribution < 1.29 is 19.0 Å². The van der Waals surface area contributed by atoms with E-state index in [1.54, 1.807) is 29.8 Å². The molecule has 0 fully saturated rings. The van der Waals surface area contributed by atoms with Crippen LogP contribution in [-0.2, 0) is 4.79 Å². The maximum atomic E-state index is 12.5. The van der Waals surface area contributed by atoms with Crippen LogP contribution < -0.4 is 25.3 Å². The molecule has 2 heterocycles. The second-order valence-electron chi connectivity index (χ2n) is 7.07. The average molecular weight is 456 g/mol. The summed E-state index contributed by atoms with van der Waals surface area (Å²) in [5.74, 6) is 1.58. The number of hydrogen-bond donors (Lipinski definition) is 2. The summed E-state index contributed by atoms with van der Waals surface area (Å²) >= 11 is 6.35. The van der Waals surface area contributed by atoms with Gasteiger partial charge >= 0.3 is 0 Å². The quantitative estimate of drug-likeness (QED) is 0.585. The smallest absolute Gasteiger partial charge is 0.248 e. The number of primary amides is 1. The van der Waals surface area contributed by atoms with Crippen molar-refractivity contribution in [1.29, 1.82) is 0 Å². The van der Waals surface area contributed by atoms with E-state index in [-0.39, 0.29) is 0 Å². The number of nitrogens with zero attached hydrogens (tertiary/aromatic N) is 3. The van der Waals surface area contributed by atoms with Gasteiger partial charge in [0, 0.05) is 11.3 Å². The van der Waals surface area contributed by atoms with Gasteiger partial charge in [-0.15, -0.1) is 5.10 Å². The van der Waals surface area contributed by atoms with Crippen LogP contribution in [0, 0.1) is 0 Å². The average Bonchev–Trinajstić information content (AvgIpc) is 3.20. The predicted octanol–water partition coefficient (Wildman–Crippen LogP) is 3.40. The minimum Gasteiger partial charge on any atom is -0.493 e. The third-order valence-electron chi connectivity index (χ3n) is 5.24. The van der Waals surface area contributed by atoms with Crippen molar-refractivity contribution in [3.8, 4) is 28.6 Å². The van der Waals surface area contributed by atoms with Crippen LogP contribution in [0.2, 0.25) is 5.02 Å². The Hall–Kier alpha value is -3.72. The summed E-state index contributed by atoms with van der Waals surface area (Å²) in [6, 6.07) is 10.1. The first-order valence-corrected chi connectivity index (χ1v) is 10.1. The molecule has 32 heavy (non-hydrogen) atoms. The van der Waals surface area contributed by atoms with Crippen LogP contribution in [-0.4, -0.2) is 42.0 Å². The van der Waals surface area contributed by atoms with Gasteiger partial charge in [0.15, 0.2) is 17.3 Å². The second-order valence-corrected chi connectivity index (χ2v) is 7.48. The van der Waals surface area contributed by atoms with Gasteiger partial charge in [0.05, 0.1) is 31.9 Å². The van der Waals surface area contributed by atoms with Gasteiger partial charge < -0.3 is 25.3 Å². The molecule has 0 aliphatic carbocycles. The zero-order chi connectivity index (χ0) is 23.0. The Morgan fingerprint density at radius 2 is 1.78 bits per heavy atom. The lowest BCUT2D eigenvalue weighted by molar-refractivity contribution is -0.115. The number of nitrogens with two attached hydrogens (primary N) is 1. The molecule has 0 bridgehead atoms. The van der Waals surface area contributed by atoms with Crippen LogP contribution in [0.4, 0.5) is 5.95 Å². The number of nitrogens with one attached hydrogen (secondary N) is 1. The van der Waals surface area contributed by atoms with E-state index in [0.717, 1.165) is 0 Å². The van der Waals surface area contributed by atoms with Crippen molar-refractivity contribution in [3.63, 3.8) is 0 Å².